The van der Waals surface area contributed by atoms with Crippen molar-refractivity contribution in [3.8, 4) is 0 Å². The van der Waals surface area contributed by atoms with Gasteiger partial charge in [-0.05, 0) is 13.0 Å². The fourth-order valence-corrected chi connectivity index (χ4v) is 2.60. The van der Waals surface area contributed by atoms with Gasteiger partial charge < -0.3 is 5.32 Å². The number of aromatic amines is 1. The molecule has 3 N–H and O–H groups in total. The first kappa shape index (κ1) is 9.63. The summed E-state index contributed by atoms with van der Waals surface area (Å²) < 4.78 is 25.9. The standard InChI is InChI=1S/C7H12N4O2S/c12-14(13,7-4-9-10-5-7)11-6-1-2-8-3-6/h4-6,8,11H,1-3H2,(H,9,10)/t6-/m1/s1. The largest absolute Gasteiger partial charge is 0.315 e. The molecule has 0 spiro atoms. The molecule has 1 aliphatic rings. The van der Waals surface area contributed by atoms with Gasteiger partial charge in [0.2, 0.25) is 10.0 Å². The van der Waals surface area contributed by atoms with Gasteiger partial charge in [0.25, 0.3) is 0 Å². The van der Waals surface area contributed by atoms with E-state index in [0.29, 0.717) is 6.54 Å². The summed E-state index contributed by atoms with van der Waals surface area (Å²) in [6.45, 7) is 1.55. The van der Waals surface area contributed by atoms with Crippen molar-refractivity contribution in [3.63, 3.8) is 0 Å². The Morgan fingerprint density at radius 1 is 1.57 bits per heavy atom. The molecule has 0 amide bonds. The van der Waals surface area contributed by atoms with Gasteiger partial charge in [-0.1, -0.05) is 0 Å². The van der Waals surface area contributed by atoms with Gasteiger partial charge in [-0.15, -0.1) is 0 Å². The molecule has 0 bridgehead atoms. The molecule has 14 heavy (non-hydrogen) atoms. The van der Waals surface area contributed by atoms with E-state index in [0.717, 1.165) is 13.0 Å². The molecule has 0 aromatic carbocycles. The van der Waals surface area contributed by atoms with Crippen LogP contribution in [-0.2, 0) is 10.0 Å². The van der Waals surface area contributed by atoms with Gasteiger partial charge in [0, 0.05) is 18.8 Å². The molecule has 78 valence electrons. The van der Waals surface area contributed by atoms with Crippen LogP contribution in [-0.4, -0.2) is 37.7 Å². The maximum atomic E-state index is 11.7. The van der Waals surface area contributed by atoms with Crippen LogP contribution in [0.25, 0.3) is 0 Å². The highest BCUT2D eigenvalue weighted by atomic mass is 32.2. The first-order valence-corrected chi connectivity index (χ1v) is 5.88. The molecule has 0 aliphatic carbocycles. The molecule has 2 heterocycles. The summed E-state index contributed by atoms with van der Waals surface area (Å²) in [7, 11) is -3.38. The summed E-state index contributed by atoms with van der Waals surface area (Å²) in [6.07, 6.45) is 3.49. The Morgan fingerprint density at radius 3 is 3.00 bits per heavy atom. The normalized spacial score (nSPS) is 22.7. The molecular weight excluding hydrogens is 204 g/mol. The zero-order valence-corrected chi connectivity index (χ0v) is 8.34. The van der Waals surface area contributed by atoms with Crippen molar-refractivity contribution in [2.75, 3.05) is 13.1 Å². The van der Waals surface area contributed by atoms with E-state index in [-0.39, 0.29) is 10.9 Å². The maximum Gasteiger partial charge on any atom is 0.243 e. The van der Waals surface area contributed by atoms with Gasteiger partial charge in [-0.3, -0.25) is 5.10 Å². The van der Waals surface area contributed by atoms with Crippen molar-refractivity contribution in [2.45, 2.75) is 17.4 Å². The molecule has 1 aromatic rings. The smallest absolute Gasteiger partial charge is 0.243 e. The topological polar surface area (TPSA) is 86.9 Å². The van der Waals surface area contributed by atoms with Gasteiger partial charge in [0.15, 0.2) is 0 Å². The summed E-state index contributed by atoms with van der Waals surface area (Å²) in [5, 5.41) is 9.17. The van der Waals surface area contributed by atoms with E-state index >= 15 is 0 Å². The van der Waals surface area contributed by atoms with Crippen LogP contribution in [0.3, 0.4) is 0 Å². The van der Waals surface area contributed by atoms with Crippen LogP contribution in [0, 0.1) is 0 Å². The molecule has 0 radical (unpaired) electrons. The molecular formula is C7H12N4O2S. The molecule has 6 nitrogen and oxygen atoms in total. The number of nitrogens with one attached hydrogen (secondary N) is 3. The number of rotatable bonds is 3. The summed E-state index contributed by atoms with van der Waals surface area (Å²) in [6, 6.07) is -0.00472. The number of aromatic nitrogens is 2. The maximum absolute atomic E-state index is 11.7. The summed E-state index contributed by atoms with van der Waals surface area (Å²) in [5.41, 5.74) is 0. The first-order chi connectivity index (χ1) is 6.68. The van der Waals surface area contributed by atoms with Crippen LogP contribution < -0.4 is 10.0 Å². The highest BCUT2D eigenvalue weighted by molar-refractivity contribution is 7.89. The predicted octanol–water partition coefficient (Wildman–Crippen LogP) is -0.950. The van der Waals surface area contributed by atoms with Gasteiger partial charge in [0.1, 0.15) is 4.90 Å². The van der Waals surface area contributed by atoms with E-state index in [2.05, 4.69) is 20.2 Å². The highest BCUT2D eigenvalue weighted by Crippen LogP contribution is 2.07. The third kappa shape index (κ3) is 1.94. The minimum Gasteiger partial charge on any atom is -0.315 e. The first-order valence-electron chi connectivity index (χ1n) is 4.40. The lowest BCUT2D eigenvalue weighted by Gasteiger charge is -2.09. The quantitative estimate of drug-likeness (QED) is 0.608. The van der Waals surface area contributed by atoms with E-state index < -0.39 is 10.0 Å². The molecule has 1 aliphatic heterocycles. The second kappa shape index (κ2) is 3.68. The van der Waals surface area contributed by atoms with Crippen molar-refractivity contribution in [2.24, 2.45) is 0 Å². The second-order valence-corrected chi connectivity index (χ2v) is 4.96. The van der Waals surface area contributed by atoms with Crippen LogP contribution in [0.5, 0.6) is 0 Å². The number of hydrogen-bond donors (Lipinski definition) is 3. The number of hydrogen-bond acceptors (Lipinski definition) is 4. The minimum absolute atomic E-state index is 0.00472. The van der Waals surface area contributed by atoms with E-state index in [4.69, 9.17) is 0 Å². The lowest BCUT2D eigenvalue weighted by atomic mass is 10.3. The molecule has 1 saturated heterocycles. The molecule has 0 unspecified atom stereocenters. The van der Waals surface area contributed by atoms with Gasteiger partial charge in [0.05, 0.1) is 6.20 Å². The predicted molar refractivity (Wildman–Crippen MR) is 50.2 cm³/mol. The Balaban J connectivity index is 2.09. The molecule has 7 heteroatoms. The Kier molecular flexibility index (Phi) is 2.53. The lowest BCUT2D eigenvalue weighted by molar-refractivity contribution is 0.560. The van der Waals surface area contributed by atoms with E-state index in [1.54, 1.807) is 0 Å². The van der Waals surface area contributed by atoms with E-state index in [9.17, 15) is 8.42 Å². The van der Waals surface area contributed by atoms with Gasteiger partial charge >= 0.3 is 0 Å². The summed E-state index contributed by atoms with van der Waals surface area (Å²) in [5.74, 6) is 0. The SMILES string of the molecule is O=S(=O)(N[C@@H]1CCNC1)c1cn[nH]c1. The Hall–Kier alpha value is -0.920. The number of nitrogens with zero attached hydrogens (tertiary/aromatic N) is 1. The van der Waals surface area contributed by atoms with Crippen LogP contribution in [0.2, 0.25) is 0 Å². The summed E-state index contributed by atoms with van der Waals surface area (Å²) >= 11 is 0. The number of H-pyrrole nitrogens is 1. The Morgan fingerprint density at radius 2 is 2.43 bits per heavy atom. The molecule has 1 aromatic heterocycles. The highest BCUT2D eigenvalue weighted by Gasteiger charge is 2.22. The van der Waals surface area contributed by atoms with Crippen molar-refractivity contribution in [1.29, 1.82) is 0 Å². The molecule has 1 fully saturated rings. The van der Waals surface area contributed by atoms with Crippen molar-refractivity contribution >= 4 is 10.0 Å². The Bertz CT molecular complexity index is 380. The van der Waals surface area contributed by atoms with E-state index in [1.165, 1.54) is 12.4 Å². The van der Waals surface area contributed by atoms with Crippen LogP contribution >= 0.6 is 0 Å². The van der Waals surface area contributed by atoms with Crippen molar-refractivity contribution in [1.82, 2.24) is 20.2 Å². The fourth-order valence-electron chi connectivity index (χ4n) is 1.43. The molecule has 2 rings (SSSR count). The van der Waals surface area contributed by atoms with Crippen LogP contribution in [0.1, 0.15) is 6.42 Å². The average Bonchev–Trinajstić information content (AvgIpc) is 2.71. The third-order valence-electron chi connectivity index (χ3n) is 2.17. The minimum atomic E-state index is -3.38. The Labute approximate surface area is 82.1 Å². The summed E-state index contributed by atoms with van der Waals surface area (Å²) in [4.78, 5) is 0.185. The average molecular weight is 216 g/mol. The zero-order valence-electron chi connectivity index (χ0n) is 7.53. The van der Waals surface area contributed by atoms with Crippen molar-refractivity contribution in [3.05, 3.63) is 12.4 Å². The monoisotopic (exact) mass is 216 g/mol. The van der Waals surface area contributed by atoms with E-state index in [1.807, 2.05) is 0 Å². The zero-order chi connectivity index (χ0) is 10.0. The van der Waals surface area contributed by atoms with Crippen LogP contribution in [0.15, 0.2) is 17.3 Å². The van der Waals surface area contributed by atoms with Gasteiger partial charge in [-0.25, -0.2) is 13.1 Å². The molecule has 1 atom stereocenters. The third-order valence-corrected chi connectivity index (χ3v) is 3.65. The van der Waals surface area contributed by atoms with Crippen molar-refractivity contribution < 1.29 is 8.42 Å². The number of sulfonamides is 1. The fraction of sp³-hybridized carbons (Fsp3) is 0.571. The molecule has 0 saturated carbocycles. The second-order valence-electron chi connectivity index (χ2n) is 3.25. The van der Waals surface area contributed by atoms with Crippen LogP contribution in [0.4, 0.5) is 0 Å². The lowest BCUT2D eigenvalue weighted by Crippen LogP contribution is -2.36. The van der Waals surface area contributed by atoms with Gasteiger partial charge in [-0.2, -0.15) is 5.10 Å².